The highest BCUT2D eigenvalue weighted by Crippen LogP contribution is 2.25. The monoisotopic (exact) mass is 346 g/mol. The van der Waals surface area contributed by atoms with Gasteiger partial charge in [0.15, 0.2) is 5.78 Å². The van der Waals surface area contributed by atoms with Crippen molar-refractivity contribution in [3.8, 4) is 0 Å². The molecule has 0 saturated carbocycles. The Morgan fingerprint density at radius 2 is 1.81 bits per heavy atom. The number of nitrogens with zero attached hydrogens (tertiary/aromatic N) is 1. The number of para-hydroxylation sites is 1. The fourth-order valence-electron chi connectivity index (χ4n) is 3.16. The average molecular weight is 346 g/mol. The Balaban J connectivity index is 1.68. The van der Waals surface area contributed by atoms with Crippen molar-refractivity contribution in [2.45, 2.75) is 45.4 Å². The molecule has 0 unspecified atom stereocenters. The topological polar surface area (TPSA) is 42.0 Å². The molecule has 3 rings (SSSR count). The first-order valence-corrected chi connectivity index (χ1v) is 9.52. The van der Waals surface area contributed by atoms with Gasteiger partial charge in [-0.25, -0.2) is 0 Å². The molecule has 0 radical (unpaired) electrons. The molecule has 0 atom stereocenters. The number of nitrogens with one attached hydrogen (secondary N) is 1. The predicted molar refractivity (Wildman–Crippen MR) is 109 cm³/mol. The van der Waals surface area contributed by atoms with Gasteiger partial charge in [-0.3, -0.25) is 9.78 Å². The molecular formula is C23H26N2O. The maximum atomic E-state index is 12.5. The molecule has 0 fully saturated rings. The highest BCUT2D eigenvalue weighted by molar-refractivity contribution is 5.98. The quantitative estimate of drug-likeness (QED) is 0.354. The van der Waals surface area contributed by atoms with Crippen molar-refractivity contribution in [2.24, 2.45) is 0 Å². The average Bonchev–Trinajstić information content (AvgIpc) is 2.68. The summed E-state index contributed by atoms with van der Waals surface area (Å²) >= 11 is 0. The Kier molecular flexibility index (Phi) is 6.37. The number of anilines is 2. The van der Waals surface area contributed by atoms with E-state index in [0.29, 0.717) is 6.42 Å². The minimum absolute atomic E-state index is 0.227. The molecule has 0 aliphatic rings. The van der Waals surface area contributed by atoms with Crippen molar-refractivity contribution >= 4 is 28.1 Å². The van der Waals surface area contributed by atoms with Crippen LogP contribution >= 0.6 is 0 Å². The van der Waals surface area contributed by atoms with Crippen LogP contribution in [0.15, 0.2) is 60.8 Å². The second kappa shape index (κ2) is 9.14. The lowest BCUT2D eigenvalue weighted by molar-refractivity contribution is 0.0979. The van der Waals surface area contributed by atoms with E-state index in [1.165, 1.54) is 19.3 Å². The second-order valence-corrected chi connectivity index (χ2v) is 6.67. The summed E-state index contributed by atoms with van der Waals surface area (Å²) in [6.07, 6.45) is 8.26. The van der Waals surface area contributed by atoms with Crippen LogP contribution in [0, 0.1) is 0 Å². The van der Waals surface area contributed by atoms with Gasteiger partial charge in [0.2, 0.25) is 0 Å². The summed E-state index contributed by atoms with van der Waals surface area (Å²) in [5.74, 6) is 0.227. The molecule has 26 heavy (non-hydrogen) atoms. The summed E-state index contributed by atoms with van der Waals surface area (Å²) in [4.78, 5) is 16.8. The third-order valence-electron chi connectivity index (χ3n) is 4.62. The number of ketones is 1. The van der Waals surface area contributed by atoms with E-state index < -0.39 is 0 Å². The smallest absolute Gasteiger partial charge is 0.162 e. The molecule has 0 aliphatic heterocycles. The largest absolute Gasteiger partial charge is 0.355 e. The van der Waals surface area contributed by atoms with E-state index in [0.717, 1.165) is 40.7 Å². The zero-order valence-corrected chi connectivity index (χ0v) is 15.4. The van der Waals surface area contributed by atoms with E-state index in [4.69, 9.17) is 0 Å². The SMILES string of the molecule is CCCCCCCC(=O)c1cccc(Nc2ccnc3ccccc23)c1. The second-order valence-electron chi connectivity index (χ2n) is 6.67. The van der Waals surface area contributed by atoms with Gasteiger partial charge in [0.1, 0.15) is 0 Å². The lowest BCUT2D eigenvalue weighted by Gasteiger charge is -2.10. The number of carbonyl (C=O) groups is 1. The number of rotatable bonds is 9. The molecule has 0 aliphatic carbocycles. The number of fused-ring (bicyclic) bond motifs is 1. The van der Waals surface area contributed by atoms with Crippen LogP contribution in [0.2, 0.25) is 0 Å². The van der Waals surface area contributed by atoms with Gasteiger partial charge in [-0.2, -0.15) is 0 Å². The van der Waals surface area contributed by atoms with Crippen LogP contribution in [0.3, 0.4) is 0 Å². The van der Waals surface area contributed by atoms with E-state index in [1.54, 1.807) is 6.20 Å². The predicted octanol–water partition coefficient (Wildman–Crippen LogP) is 6.52. The zero-order valence-electron chi connectivity index (χ0n) is 15.4. The van der Waals surface area contributed by atoms with Gasteiger partial charge in [0.25, 0.3) is 0 Å². The third kappa shape index (κ3) is 4.69. The van der Waals surface area contributed by atoms with E-state index in [-0.39, 0.29) is 5.78 Å². The summed E-state index contributed by atoms with van der Waals surface area (Å²) in [5, 5.41) is 4.51. The summed E-state index contributed by atoms with van der Waals surface area (Å²) in [7, 11) is 0. The molecule has 3 nitrogen and oxygen atoms in total. The normalized spacial score (nSPS) is 10.8. The van der Waals surface area contributed by atoms with Crippen molar-refractivity contribution < 1.29 is 4.79 Å². The van der Waals surface area contributed by atoms with E-state index in [1.807, 2.05) is 48.5 Å². The molecule has 3 aromatic rings. The molecular weight excluding hydrogens is 320 g/mol. The van der Waals surface area contributed by atoms with Crippen LogP contribution in [0.5, 0.6) is 0 Å². The number of aromatic nitrogens is 1. The lowest BCUT2D eigenvalue weighted by atomic mass is 10.0. The first-order chi connectivity index (χ1) is 12.8. The Hall–Kier alpha value is -2.68. The number of Topliss-reactive ketones (excluding diaryl/α,β-unsaturated/α-hetero) is 1. The molecule has 1 aromatic heterocycles. The van der Waals surface area contributed by atoms with Crippen LogP contribution < -0.4 is 5.32 Å². The fourth-order valence-corrected chi connectivity index (χ4v) is 3.16. The van der Waals surface area contributed by atoms with Crippen LogP contribution in [0.1, 0.15) is 55.8 Å². The van der Waals surface area contributed by atoms with E-state index in [2.05, 4.69) is 23.3 Å². The number of benzene rings is 2. The first-order valence-electron chi connectivity index (χ1n) is 9.52. The molecule has 1 N–H and O–H groups in total. The Morgan fingerprint density at radius 3 is 2.69 bits per heavy atom. The summed E-state index contributed by atoms with van der Waals surface area (Å²) < 4.78 is 0. The first kappa shape index (κ1) is 18.1. The number of carbonyl (C=O) groups excluding carboxylic acids is 1. The van der Waals surface area contributed by atoms with Crippen molar-refractivity contribution in [2.75, 3.05) is 5.32 Å². The number of hydrogen-bond donors (Lipinski definition) is 1. The summed E-state index contributed by atoms with van der Waals surface area (Å²) in [6, 6.07) is 17.8. The maximum Gasteiger partial charge on any atom is 0.162 e. The van der Waals surface area contributed by atoms with Gasteiger partial charge in [-0.15, -0.1) is 0 Å². The maximum absolute atomic E-state index is 12.5. The molecule has 0 bridgehead atoms. The molecule has 3 heteroatoms. The van der Waals surface area contributed by atoms with E-state index in [9.17, 15) is 4.79 Å². The molecule has 1 heterocycles. The summed E-state index contributed by atoms with van der Waals surface area (Å²) in [5.41, 5.74) is 3.67. The minimum Gasteiger partial charge on any atom is -0.355 e. The van der Waals surface area contributed by atoms with Gasteiger partial charge < -0.3 is 5.32 Å². The van der Waals surface area contributed by atoms with Crippen molar-refractivity contribution in [1.29, 1.82) is 0 Å². The highest BCUT2D eigenvalue weighted by atomic mass is 16.1. The number of unbranched alkanes of at least 4 members (excludes halogenated alkanes) is 4. The molecule has 134 valence electrons. The third-order valence-corrected chi connectivity index (χ3v) is 4.62. The Morgan fingerprint density at radius 1 is 0.962 bits per heavy atom. The van der Waals surface area contributed by atoms with Gasteiger partial charge in [0.05, 0.1) is 5.52 Å². The van der Waals surface area contributed by atoms with Crippen LogP contribution in [-0.4, -0.2) is 10.8 Å². The molecule has 0 saturated heterocycles. The van der Waals surface area contributed by atoms with Crippen molar-refractivity contribution in [3.05, 3.63) is 66.4 Å². The van der Waals surface area contributed by atoms with E-state index >= 15 is 0 Å². The summed E-state index contributed by atoms with van der Waals surface area (Å²) in [6.45, 7) is 2.20. The Bertz CT molecular complexity index is 867. The number of pyridine rings is 1. The van der Waals surface area contributed by atoms with Gasteiger partial charge in [-0.1, -0.05) is 62.9 Å². The lowest BCUT2D eigenvalue weighted by Crippen LogP contribution is -2.00. The molecule has 0 amide bonds. The van der Waals surface area contributed by atoms with Crippen molar-refractivity contribution in [3.63, 3.8) is 0 Å². The van der Waals surface area contributed by atoms with Gasteiger partial charge in [-0.05, 0) is 30.7 Å². The van der Waals surface area contributed by atoms with Crippen LogP contribution in [0.4, 0.5) is 11.4 Å². The van der Waals surface area contributed by atoms with Crippen LogP contribution in [0.25, 0.3) is 10.9 Å². The Labute approximate surface area is 155 Å². The zero-order chi connectivity index (χ0) is 18.2. The highest BCUT2D eigenvalue weighted by Gasteiger charge is 2.07. The van der Waals surface area contributed by atoms with Crippen LogP contribution in [-0.2, 0) is 0 Å². The minimum atomic E-state index is 0.227. The standard InChI is InChI=1S/C23H26N2O/c1-2-3-4-5-6-14-23(26)18-10-9-11-19(17-18)25-22-15-16-24-21-13-8-7-12-20(21)22/h7-13,15-17H,2-6,14H2,1H3,(H,24,25). The van der Waals surface area contributed by atoms with Gasteiger partial charge in [0, 0.05) is 34.9 Å². The number of hydrogen-bond acceptors (Lipinski definition) is 3. The fraction of sp³-hybridized carbons (Fsp3) is 0.304. The van der Waals surface area contributed by atoms with Crippen molar-refractivity contribution in [1.82, 2.24) is 4.98 Å². The molecule has 0 spiro atoms. The molecule has 2 aromatic carbocycles. The van der Waals surface area contributed by atoms with Gasteiger partial charge >= 0.3 is 0 Å².